The van der Waals surface area contributed by atoms with E-state index in [0.717, 1.165) is 59.7 Å². The summed E-state index contributed by atoms with van der Waals surface area (Å²) in [5, 5.41) is 0. The quantitative estimate of drug-likeness (QED) is 0.442. The van der Waals surface area contributed by atoms with Crippen LogP contribution in [0.3, 0.4) is 0 Å². The van der Waals surface area contributed by atoms with E-state index in [0.29, 0.717) is 5.92 Å². The van der Waals surface area contributed by atoms with Crippen molar-refractivity contribution in [3.05, 3.63) is 12.7 Å². The first-order chi connectivity index (χ1) is 10.8. The Bertz CT molecular complexity index is 554. The van der Waals surface area contributed by atoms with Crippen molar-refractivity contribution in [1.82, 2.24) is 0 Å². The Labute approximate surface area is 132 Å². The summed E-state index contributed by atoms with van der Waals surface area (Å²) in [7, 11) is 0. The van der Waals surface area contributed by atoms with Crippen molar-refractivity contribution in [2.75, 3.05) is 0 Å². The second-order valence-corrected chi connectivity index (χ2v) is 9.28. The number of rotatable bonds is 2. The molecule has 11 unspecified atom stereocenters. The maximum absolute atomic E-state index is 11.6. The van der Waals surface area contributed by atoms with Gasteiger partial charge in [0.2, 0.25) is 0 Å². The molecule has 2 heteroatoms. The van der Waals surface area contributed by atoms with E-state index >= 15 is 0 Å². The number of fused-ring (bicyclic) bond motifs is 16. The number of ether oxygens (including phenoxy) is 1. The van der Waals surface area contributed by atoms with Gasteiger partial charge in [0.05, 0.1) is 0 Å². The number of hydrogen-bond donors (Lipinski definition) is 0. The molecule has 0 N–H and O–H groups in total. The minimum atomic E-state index is -0.199. The summed E-state index contributed by atoms with van der Waals surface area (Å²) in [6.07, 6.45) is 10.2. The molecule has 6 aliphatic carbocycles. The second-order valence-electron chi connectivity index (χ2n) is 9.28. The Kier molecular flexibility index (Phi) is 2.29. The molecule has 0 aliphatic heterocycles. The SMILES string of the molecule is C=CC(=O)OC1CC2CC1C1C3CC(C4C5CCC(C5)C34)C21. The second kappa shape index (κ2) is 3.99. The molecule has 6 rings (SSSR count). The molecule has 0 aromatic heterocycles. The lowest BCUT2D eigenvalue weighted by molar-refractivity contribution is -0.148. The van der Waals surface area contributed by atoms with Gasteiger partial charge in [0.25, 0.3) is 0 Å². The molecule has 0 radical (unpaired) electrons. The van der Waals surface area contributed by atoms with Crippen molar-refractivity contribution < 1.29 is 9.53 Å². The summed E-state index contributed by atoms with van der Waals surface area (Å²) in [5.74, 6) is 9.67. The minimum absolute atomic E-state index is 0.199. The fourth-order valence-corrected chi connectivity index (χ4v) is 9.07. The average molecular weight is 298 g/mol. The molecular weight excluding hydrogens is 272 g/mol. The highest BCUT2D eigenvalue weighted by Gasteiger charge is 2.71. The largest absolute Gasteiger partial charge is 0.459 e. The van der Waals surface area contributed by atoms with E-state index in [2.05, 4.69) is 6.58 Å². The number of carbonyl (C=O) groups excluding carboxylic acids is 1. The van der Waals surface area contributed by atoms with E-state index in [1.807, 2.05) is 0 Å². The molecule has 11 atom stereocenters. The predicted molar refractivity (Wildman–Crippen MR) is 82.7 cm³/mol. The van der Waals surface area contributed by atoms with Crippen LogP contribution in [-0.2, 0) is 9.53 Å². The van der Waals surface area contributed by atoms with E-state index in [1.54, 1.807) is 12.8 Å². The van der Waals surface area contributed by atoms with Gasteiger partial charge in [-0.2, -0.15) is 0 Å². The van der Waals surface area contributed by atoms with Gasteiger partial charge in [-0.25, -0.2) is 4.79 Å². The maximum Gasteiger partial charge on any atom is 0.330 e. The lowest BCUT2D eigenvalue weighted by Crippen LogP contribution is -2.44. The highest BCUT2D eigenvalue weighted by atomic mass is 16.5. The molecule has 6 aliphatic rings. The van der Waals surface area contributed by atoms with Crippen LogP contribution in [0.25, 0.3) is 0 Å². The Morgan fingerprint density at radius 1 is 0.818 bits per heavy atom. The first-order valence-electron chi connectivity index (χ1n) is 9.59. The molecule has 0 amide bonds. The van der Waals surface area contributed by atoms with Crippen molar-refractivity contribution in [1.29, 1.82) is 0 Å². The van der Waals surface area contributed by atoms with Crippen LogP contribution in [0.2, 0.25) is 0 Å². The molecule has 2 nitrogen and oxygen atoms in total. The number of hydrogen-bond acceptors (Lipinski definition) is 2. The Balaban J connectivity index is 1.31. The van der Waals surface area contributed by atoms with E-state index in [1.165, 1.54) is 25.3 Å². The van der Waals surface area contributed by atoms with Crippen LogP contribution < -0.4 is 0 Å². The van der Waals surface area contributed by atoms with E-state index < -0.39 is 0 Å². The molecular formula is C20H26O2. The molecule has 118 valence electrons. The van der Waals surface area contributed by atoms with Crippen molar-refractivity contribution in [2.24, 2.45) is 59.2 Å². The standard InChI is InChI=1S/C20H26O2/c1-2-16(21)22-15-7-11-6-12(15)20-14-8-13(19(11)20)17-9-3-4-10(5-9)18(14)17/h2,9-15,17-20H,1,3-8H2. The van der Waals surface area contributed by atoms with Gasteiger partial charge < -0.3 is 4.74 Å². The van der Waals surface area contributed by atoms with Crippen LogP contribution >= 0.6 is 0 Å². The molecule has 0 spiro atoms. The smallest absolute Gasteiger partial charge is 0.330 e. The van der Waals surface area contributed by atoms with E-state index in [9.17, 15) is 4.79 Å². The predicted octanol–water partition coefficient (Wildman–Crippen LogP) is 3.67. The van der Waals surface area contributed by atoms with Gasteiger partial charge in [0, 0.05) is 6.08 Å². The summed E-state index contributed by atoms with van der Waals surface area (Å²) >= 11 is 0. The Hall–Kier alpha value is -0.790. The van der Waals surface area contributed by atoms with Crippen molar-refractivity contribution >= 4 is 5.97 Å². The zero-order chi connectivity index (χ0) is 14.6. The van der Waals surface area contributed by atoms with E-state index in [4.69, 9.17) is 4.74 Å². The zero-order valence-corrected chi connectivity index (χ0v) is 13.2. The third-order valence-electron chi connectivity index (χ3n) is 9.07. The summed E-state index contributed by atoms with van der Waals surface area (Å²) in [6, 6.07) is 0. The summed E-state index contributed by atoms with van der Waals surface area (Å²) in [5.41, 5.74) is 0. The van der Waals surface area contributed by atoms with Gasteiger partial charge >= 0.3 is 5.97 Å². The maximum atomic E-state index is 11.6. The van der Waals surface area contributed by atoms with Gasteiger partial charge in [-0.15, -0.1) is 0 Å². The van der Waals surface area contributed by atoms with Gasteiger partial charge in [-0.05, 0) is 97.7 Å². The van der Waals surface area contributed by atoms with Gasteiger partial charge in [0.1, 0.15) is 6.10 Å². The summed E-state index contributed by atoms with van der Waals surface area (Å²) in [6.45, 7) is 3.56. The van der Waals surface area contributed by atoms with Gasteiger partial charge in [-0.1, -0.05) is 6.58 Å². The van der Waals surface area contributed by atoms with Crippen molar-refractivity contribution in [3.8, 4) is 0 Å². The highest BCUT2D eigenvalue weighted by Crippen LogP contribution is 2.76. The van der Waals surface area contributed by atoms with Crippen LogP contribution in [0.5, 0.6) is 0 Å². The number of esters is 1. The average Bonchev–Trinajstić information content (AvgIpc) is 3.28. The van der Waals surface area contributed by atoms with Crippen LogP contribution in [0.1, 0.15) is 38.5 Å². The molecule has 6 saturated carbocycles. The van der Waals surface area contributed by atoms with E-state index in [-0.39, 0.29) is 12.1 Å². The molecule has 0 aromatic carbocycles. The molecule has 6 bridgehead atoms. The number of carbonyl (C=O) groups is 1. The minimum Gasteiger partial charge on any atom is -0.459 e. The lowest BCUT2D eigenvalue weighted by Gasteiger charge is -2.46. The Morgan fingerprint density at radius 2 is 1.50 bits per heavy atom. The monoisotopic (exact) mass is 298 g/mol. The Morgan fingerprint density at radius 3 is 2.23 bits per heavy atom. The summed E-state index contributed by atoms with van der Waals surface area (Å²) in [4.78, 5) is 11.6. The zero-order valence-electron chi connectivity index (χ0n) is 13.2. The van der Waals surface area contributed by atoms with Gasteiger partial charge in [-0.3, -0.25) is 0 Å². The lowest BCUT2D eigenvalue weighted by atomic mass is 9.59. The molecule has 0 aromatic rings. The molecule has 0 saturated heterocycles. The molecule has 0 heterocycles. The summed E-state index contributed by atoms with van der Waals surface area (Å²) < 4.78 is 5.73. The van der Waals surface area contributed by atoms with Gasteiger partial charge in [0.15, 0.2) is 0 Å². The van der Waals surface area contributed by atoms with Crippen molar-refractivity contribution in [3.63, 3.8) is 0 Å². The van der Waals surface area contributed by atoms with Crippen LogP contribution in [0, 0.1) is 59.2 Å². The third-order valence-corrected chi connectivity index (χ3v) is 9.07. The first kappa shape index (κ1) is 12.6. The van der Waals surface area contributed by atoms with Crippen molar-refractivity contribution in [2.45, 2.75) is 44.6 Å². The molecule has 22 heavy (non-hydrogen) atoms. The van der Waals surface area contributed by atoms with Crippen LogP contribution in [0.15, 0.2) is 12.7 Å². The third kappa shape index (κ3) is 1.29. The topological polar surface area (TPSA) is 26.3 Å². The highest BCUT2D eigenvalue weighted by molar-refractivity contribution is 5.81. The van der Waals surface area contributed by atoms with Crippen LogP contribution in [-0.4, -0.2) is 12.1 Å². The molecule has 6 fully saturated rings. The van der Waals surface area contributed by atoms with Crippen LogP contribution in [0.4, 0.5) is 0 Å². The fourth-order valence-electron chi connectivity index (χ4n) is 9.07. The normalized spacial score (nSPS) is 62.3. The fraction of sp³-hybridized carbons (Fsp3) is 0.850. The first-order valence-corrected chi connectivity index (χ1v) is 9.59.